The maximum absolute atomic E-state index is 5.76. The van der Waals surface area contributed by atoms with Gasteiger partial charge in [0, 0.05) is 64.9 Å². The van der Waals surface area contributed by atoms with Crippen LogP contribution in [-0.2, 0) is 45.5 Å². The predicted molar refractivity (Wildman–Crippen MR) is 141 cm³/mol. The van der Waals surface area contributed by atoms with Gasteiger partial charge in [-0.05, 0) is 54.4 Å². The van der Waals surface area contributed by atoms with Crippen molar-refractivity contribution in [2.75, 3.05) is 79.3 Å². The highest BCUT2D eigenvalue weighted by atomic mass is 28.4. The van der Waals surface area contributed by atoms with E-state index in [2.05, 4.69) is 0 Å². The summed E-state index contributed by atoms with van der Waals surface area (Å²) in [6, 6.07) is 1.63. The maximum atomic E-state index is 5.76. The normalized spacial score (nSPS) is 19.2. The average Bonchev–Trinajstić information content (AvgIpc) is 3.76. The summed E-state index contributed by atoms with van der Waals surface area (Å²) in [5.41, 5.74) is 0. The highest BCUT2D eigenvalue weighted by Gasteiger charge is 2.40. The van der Waals surface area contributed by atoms with Crippen LogP contribution in [-0.4, -0.2) is 109 Å². The summed E-state index contributed by atoms with van der Waals surface area (Å²) in [5, 5.41) is 0. The molecule has 0 aromatic rings. The summed E-state index contributed by atoms with van der Waals surface area (Å²) in [6.45, 7) is 20.1. The Hall–Kier alpha value is 0.0338. The third-order valence-corrected chi connectivity index (χ3v) is 11.4. The quantitative estimate of drug-likeness (QED) is 0.0994. The lowest BCUT2D eigenvalue weighted by Crippen LogP contribution is -2.46. The standard InChI is InChI=1S/2C12H26O5Si/c2*1-4-15-18(16-5-2,17-6-3)9-7-8-13-10-12-11-14-12/h2*12H,4-11H2,1-3H3. The van der Waals surface area contributed by atoms with Crippen molar-refractivity contribution in [3.8, 4) is 0 Å². The molecule has 2 rings (SSSR count). The fourth-order valence-electron chi connectivity index (χ4n) is 3.54. The molecule has 0 bridgehead atoms. The van der Waals surface area contributed by atoms with Gasteiger partial charge in [0.25, 0.3) is 0 Å². The molecule has 2 unspecified atom stereocenters. The predicted octanol–water partition coefficient (Wildman–Crippen LogP) is 3.68. The zero-order valence-corrected chi connectivity index (χ0v) is 25.6. The first-order valence-electron chi connectivity index (χ1n) is 13.7. The van der Waals surface area contributed by atoms with Crippen molar-refractivity contribution in [1.82, 2.24) is 0 Å². The number of hydrogen-bond donors (Lipinski definition) is 0. The first kappa shape index (κ1) is 34.1. The fraction of sp³-hybridized carbons (Fsp3) is 1.00. The van der Waals surface area contributed by atoms with Gasteiger partial charge in [0.15, 0.2) is 0 Å². The third-order valence-electron chi connectivity index (χ3n) is 5.14. The molecular weight excluding hydrogens is 504 g/mol. The van der Waals surface area contributed by atoms with E-state index in [-0.39, 0.29) is 0 Å². The second-order valence-corrected chi connectivity index (χ2v) is 13.7. The maximum Gasteiger partial charge on any atom is 0.501 e. The Morgan fingerprint density at radius 1 is 0.528 bits per heavy atom. The van der Waals surface area contributed by atoms with Crippen molar-refractivity contribution in [2.45, 2.75) is 78.7 Å². The van der Waals surface area contributed by atoms with Crippen molar-refractivity contribution in [1.29, 1.82) is 0 Å². The van der Waals surface area contributed by atoms with Gasteiger partial charge in [-0.25, -0.2) is 0 Å². The van der Waals surface area contributed by atoms with Crippen LogP contribution < -0.4 is 0 Å². The second-order valence-electron chi connectivity index (χ2n) is 8.23. The van der Waals surface area contributed by atoms with Gasteiger partial charge in [-0.3, -0.25) is 0 Å². The molecule has 2 saturated heterocycles. The third kappa shape index (κ3) is 16.1. The Balaban J connectivity index is 0.000000360. The summed E-state index contributed by atoms with van der Waals surface area (Å²) in [7, 11) is -4.94. The molecule has 0 N–H and O–H groups in total. The van der Waals surface area contributed by atoms with Crippen LogP contribution >= 0.6 is 0 Å². The molecule has 0 aromatic heterocycles. The van der Waals surface area contributed by atoms with E-state index in [1.165, 1.54) is 0 Å². The Kier molecular flexibility index (Phi) is 19.8. The molecule has 0 aromatic carbocycles. The van der Waals surface area contributed by atoms with Crippen molar-refractivity contribution in [3.05, 3.63) is 0 Å². The number of epoxide rings is 2. The molecule has 2 fully saturated rings. The molecule has 2 aliphatic heterocycles. The highest BCUT2D eigenvalue weighted by Crippen LogP contribution is 2.20. The van der Waals surface area contributed by atoms with E-state index in [9.17, 15) is 0 Å². The second kappa shape index (κ2) is 20.9. The lowest BCUT2D eigenvalue weighted by molar-refractivity contribution is 0.0642. The summed E-state index contributed by atoms with van der Waals surface area (Å²) in [5.74, 6) is 0. The Labute approximate surface area is 221 Å². The van der Waals surface area contributed by atoms with Gasteiger partial charge in [0.05, 0.1) is 26.4 Å². The fourth-order valence-corrected chi connectivity index (χ4v) is 8.70. The molecule has 0 amide bonds. The first-order valence-corrected chi connectivity index (χ1v) is 17.6. The van der Waals surface area contributed by atoms with Gasteiger partial charge in [0.2, 0.25) is 0 Å². The Morgan fingerprint density at radius 2 is 0.806 bits per heavy atom. The molecule has 0 radical (unpaired) electrons. The zero-order valence-electron chi connectivity index (χ0n) is 23.6. The largest absolute Gasteiger partial charge is 0.501 e. The van der Waals surface area contributed by atoms with Crippen molar-refractivity contribution in [3.63, 3.8) is 0 Å². The van der Waals surface area contributed by atoms with Crippen LogP contribution in [0.2, 0.25) is 12.1 Å². The van der Waals surface area contributed by atoms with E-state index in [0.29, 0.717) is 78.3 Å². The number of rotatable bonds is 24. The smallest absolute Gasteiger partial charge is 0.379 e. The van der Waals surface area contributed by atoms with Gasteiger partial charge < -0.3 is 45.5 Å². The minimum Gasteiger partial charge on any atom is -0.379 e. The van der Waals surface area contributed by atoms with E-state index in [0.717, 1.165) is 38.1 Å². The molecule has 2 aliphatic rings. The van der Waals surface area contributed by atoms with E-state index in [1.54, 1.807) is 0 Å². The summed E-state index contributed by atoms with van der Waals surface area (Å²) < 4.78 is 55.8. The minimum absolute atomic E-state index is 0.331. The van der Waals surface area contributed by atoms with Crippen LogP contribution in [0.1, 0.15) is 54.4 Å². The van der Waals surface area contributed by atoms with Crippen LogP contribution in [0.3, 0.4) is 0 Å². The Morgan fingerprint density at radius 3 is 1.03 bits per heavy atom. The van der Waals surface area contributed by atoms with Gasteiger partial charge in [-0.2, -0.15) is 0 Å². The van der Waals surface area contributed by atoms with Crippen LogP contribution in [0.4, 0.5) is 0 Å². The van der Waals surface area contributed by atoms with Crippen molar-refractivity contribution >= 4 is 17.6 Å². The average molecular weight is 557 g/mol. The minimum atomic E-state index is -2.47. The van der Waals surface area contributed by atoms with Gasteiger partial charge in [0.1, 0.15) is 12.2 Å². The topological polar surface area (TPSA) is 98.9 Å². The molecular formula is C24H52O10Si2. The molecule has 216 valence electrons. The molecule has 10 nitrogen and oxygen atoms in total. The lowest BCUT2D eigenvalue weighted by atomic mass is 10.5. The van der Waals surface area contributed by atoms with Crippen LogP contribution in [0.15, 0.2) is 0 Å². The van der Waals surface area contributed by atoms with Crippen LogP contribution in [0, 0.1) is 0 Å². The van der Waals surface area contributed by atoms with Crippen molar-refractivity contribution < 1.29 is 45.5 Å². The zero-order chi connectivity index (χ0) is 26.5. The molecule has 0 aliphatic carbocycles. The van der Waals surface area contributed by atoms with E-state index in [1.807, 2.05) is 41.5 Å². The molecule has 0 spiro atoms. The molecule has 12 heteroatoms. The molecule has 2 heterocycles. The van der Waals surface area contributed by atoms with Gasteiger partial charge >= 0.3 is 17.6 Å². The first-order chi connectivity index (χ1) is 17.5. The molecule has 2 atom stereocenters. The van der Waals surface area contributed by atoms with E-state index < -0.39 is 17.6 Å². The summed E-state index contributed by atoms with van der Waals surface area (Å²) in [4.78, 5) is 0. The number of ether oxygens (including phenoxy) is 4. The summed E-state index contributed by atoms with van der Waals surface area (Å²) >= 11 is 0. The number of hydrogen-bond acceptors (Lipinski definition) is 10. The highest BCUT2D eigenvalue weighted by molar-refractivity contribution is 6.61. The van der Waals surface area contributed by atoms with Gasteiger partial charge in [-0.15, -0.1) is 0 Å². The lowest BCUT2D eigenvalue weighted by Gasteiger charge is -2.28. The van der Waals surface area contributed by atoms with Gasteiger partial charge in [-0.1, -0.05) is 0 Å². The monoisotopic (exact) mass is 556 g/mol. The van der Waals surface area contributed by atoms with Crippen LogP contribution in [0.25, 0.3) is 0 Å². The SMILES string of the molecule is CCO[Si](CCCOCC1CO1)(OCC)OCC.CCO[Si](CCCOCC1CO1)(OCC)OCC. The summed E-state index contributed by atoms with van der Waals surface area (Å²) in [6.07, 6.45) is 2.47. The molecule has 0 saturated carbocycles. The van der Waals surface area contributed by atoms with Crippen LogP contribution in [0.5, 0.6) is 0 Å². The molecule has 36 heavy (non-hydrogen) atoms. The van der Waals surface area contributed by atoms with E-state index >= 15 is 0 Å². The van der Waals surface area contributed by atoms with Crippen molar-refractivity contribution in [2.24, 2.45) is 0 Å². The Bertz CT molecular complexity index is 431. The van der Waals surface area contributed by atoms with E-state index in [4.69, 9.17) is 45.5 Å².